The van der Waals surface area contributed by atoms with Gasteiger partial charge in [0.2, 0.25) is 0 Å². The highest BCUT2D eigenvalue weighted by Crippen LogP contribution is 2.16. The summed E-state index contributed by atoms with van der Waals surface area (Å²) >= 11 is 3.47. The molecule has 0 spiro atoms. The number of nitrogens with zero attached hydrogens (tertiary/aromatic N) is 3. The van der Waals surface area contributed by atoms with Gasteiger partial charge in [0.05, 0.1) is 5.69 Å². The molecule has 1 N–H and O–H groups in total. The highest BCUT2D eigenvalue weighted by atomic mass is 79.9. The first-order valence-corrected chi connectivity index (χ1v) is 7.11. The molecule has 0 saturated carbocycles. The van der Waals surface area contributed by atoms with E-state index in [4.69, 9.17) is 0 Å². The van der Waals surface area contributed by atoms with Gasteiger partial charge in [0, 0.05) is 36.7 Å². The molecule has 5 heteroatoms. The largest absolute Gasteiger partial charge is 0.368 e. The Hall–Kier alpha value is -0.650. The van der Waals surface area contributed by atoms with Crippen molar-refractivity contribution in [2.24, 2.45) is 0 Å². The topological polar surface area (TPSA) is 31.4 Å². The van der Waals surface area contributed by atoms with Crippen LogP contribution in [0.2, 0.25) is 0 Å². The van der Waals surface area contributed by atoms with Gasteiger partial charge in [0.25, 0.3) is 0 Å². The maximum absolute atomic E-state index is 4.51. The van der Waals surface area contributed by atoms with Gasteiger partial charge in [-0.05, 0) is 49.1 Å². The maximum Gasteiger partial charge on any atom is 0.126 e. The van der Waals surface area contributed by atoms with E-state index in [-0.39, 0.29) is 0 Å². The van der Waals surface area contributed by atoms with Gasteiger partial charge in [-0.3, -0.25) is 4.90 Å². The van der Waals surface area contributed by atoms with Gasteiger partial charge in [-0.25, -0.2) is 4.98 Å². The van der Waals surface area contributed by atoms with Crippen LogP contribution in [0, 0.1) is 6.92 Å². The number of aromatic nitrogens is 1. The molecule has 0 aromatic carbocycles. The molecule has 1 aliphatic rings. The van der Waals surface area contributed by atoms with E-state index in [1.165, 1.54) is 0 Å². The third-order valence-electron chi connectivity index (χ3n) is 3.52. The second-order valence-corrected chi connectivity index (χ2v) is 5.90. The zero-order valence-corrected chi connectivity index (χ0v) is 12.9. The number of nitrogens with one attached hydrogen (secondary N) is 1. The number of halogens is 1. The number of pyridine rings is 1. The Labute approximate surface area is 118 Å². The normalized spacial score (nSPS) is 22.1. The molecule has 1 unspecified atom stereocenters. The summed E-state index contributed by atoms with van der Waals surface area (Å²) in [5, 5.41) is 3.43. The molecule has 1 aromatic heterocycles. The van der Waals surface area contributed by atoms with Crippen molar-refractivity contribution in [3.63, 3.8) is 0 Å². The molecular formula is C13H21BrN4. The lowest BCUT2D eigenvalue weighted by molar-refractivity contribution is 0.122. The Balaban J connectivity index is 1.92. The monoisotopic (exact) mass is 312 g/mol. The molecule has 0 aliphatic carbocycles. The summed E-state index contributed by atoms with van der Waals surface area (Å²) in [6.07, 6.45) is 0. The summed E-state index contributed by atoms with van der Waals surface area (Å²) in [7, 11) is 4.38. The van der Waals surface area contributed by atoms with Crippen LogP contribution in [0.4, 0.5) is 5.82 Å². The lowest BCUT2D eigenvalue weighted by atomic mass is 10.2. The van der Waals surface area contributed by atoms with Crippen molar-refractivity contribution >= 4 is 21.7 Å². The van der Waals surface area contributed by atoms with Gasteiger partial charge in [0.15, 0.2) is 0 Å². The van der Waals surface area contributed by atoms with Crippen molar-refractivity contribution in [1.29, 1.82) is 0 Å². The zero-order chi connectivity index (χ0) is 13.1. The standard InChI is InChI=1S/C13H21BrN4/c1-10-12(14)4-5-13(16-10)15-8-11-9-17(2)6-7-18(11)3/h4-5,11H,6-9H2,1-3H3,(H,15,16). The summed E-state index contributed by atoms with van der Waals surface area (Å²) in [6.45, 7) is 6.35. The first-order valence-electron chi connectivity index (χ1n) is 6.32. The third-order valence-corrected chi connectivity index (χ3v) is 4.36. The second-order valence-electron chi connectivity index (χ2n) is 5.04. The second kappa shape index (κ2) is 5.99. The van der Waals surface area contributed by atoms with E-state index in [0.717, 1.165) is 42.2 Å². The van der Waals surface area contributed by atoms with Gasteiger partial charge in [-0.15, -0.1) is 0 Å². The number of piperazine rings is 1. The van der Waals surface area contributed by atoms with Crippen molar-refractivity contribution in [3.05, 3.63) is 22.3 Å². The molecule has 0 radical (unpaired) electrons. The van der Waals surface area contributed by atoms with Gasteiger partial charge in [-0.1, -0.05) is 0 Å². The van der Waals surface area contributed by atoms with Gasteiger partial charge < -0.3 is 10.2 Å². The molecule has 1 aliphatic heterocycles. The highest BCUT2D eigenvalue weighted by molar-refractivity contribution is 9.10. The predicted octanol–water partition coefficient (Wildman–Crippen LogP) is 1.81. The van der Waals surface area contributed by atoms with Gasteiger partial charge >= 0.3 is 0 Å². The quantitative estimate of drug-likeness (QED) is 0.922. The zero-order valence-electron chi connectivity index (χ0n) is 11.3. The number of anilines is 1. The summed E-state index contributed by atoms with van der Waals surface area (Å²) in [5.74, 6) is 0.956. The molecule has 1 saturated heterocycles. The van der Waals surface area contributed by atoms with E-state index in [1.807, 2.05) is 19.1 Å². The molecule has 0 bridgehead atoms. The van der Waals surface area contributed by atoms with Crippen LogP contribution >= 0.6 is 15.9 Å². The Kier molecular flexibility index (Phi) is 4.59. The number of hydrogen-bond donors (Lipinski definition) is 1. The van der Waals surface area contributed by atoms with Crippen LogP contribution in [0.25, 0.3) is 0 Å². The minimum atomic E-state index is 0.550. The number of likely N-dealkylation sites (N-methyl/N-ethyl adjacent to an activating group) is 2. The van der Waals surface area contributed by atoms with Crippen LogP contribution in [-0.2, 0) is 0 Å². The third kappa shape index (κ3) is 3.43. The molecule has 2 heterocycles. The van der Waals surface area contributed by atoms with E-state index in [0.29, 0.717) is 6.04 Å². The van der Waals surface area contributed by atoms with E-state index in [1.54, 1.807) is 0 Å². The lowest BCUT2D eigenvalue weighted by Gasteiger charge is -2.37. The first-order chi connectivity index (χ1) is 8.56. The Morgan fingerprint density at radius 2 is 2.17 bits per heavy atom. The molecule has 18 heavy (non-hydrogen) atoms. The highest BCUT2D eigenvalue weighted by Gasteiger charge is 2.21. The van der Waals surface area contributed by atoms with Gasteiger partial charge in [-0.2, -0.15) is 0 Å². The van der Waals surface area contributed by atoms with Crippen molar-refractivity contribution in [3.8, 4) is 0 Å². The SMILES string of the molecule is Cc1nc(NCC2CN(C)CCN2C)ccc1Br. The van der Waals surface area contributed by atoms with Crippen LogP contribution in [0.3, 0.4) is 0 Å². The van der Waals surface area contributed by atoms with Crippen LogP contribution in [0.1, 0.15) is 5.69 Å². The summed E-state index contributed by atoms with van der Waals surface area (Å²) < 4.78 is 1.06. The van der Waals surface area contributed by atoms with Crippen LogP contribution in [0.15, 0.2) is 16.6 Å². The Morgan fingerprint density at radius 1 is 1.39 bits per heavy atom. The number of aryl methyl sites for hydroxylation is 1. The lowest BCUT2D eigenvalue weighted by Crippen LogP contribution is -2.52. The molecule has 4 nitrogen and oxygen atoms in total. The minimum absolute atomic E-state index is 0.550. The molecule has 1 atom stereocenters. The summed E-state index contributed by atoms with van der Waals surface area (Å²) in [4.78, 5) is 9.31. The van der Waals surface area contributed by atoms with Crippen LogP contribution in [-0.4, -0.2) is 61.1 Å². The Bertz CT molecular complexity index is 410. The average molecular weight is 313 g/mol. The molecule has 100 valence electrons. The smallest absolute Gasteiger partial charge is 0.126 e. The fourth-order valence-corrected chi connectivity index (χ4v) is 2.41. The van der Waals surface area contributed by atoms with E-state index in [2.05, 4.69) is 50.1 Å². The van der Waals surface area contributed by atoms with Gasteiger partial charge in [0.1, 0.15) is 5.82 Å². The fraction of sp³-hybridized carbons (Fsp3) is 0.615. The first kappa shape index (κ1) is 13.8. The van der Waals surface area contributed by atoms with Crippen molar-refractivity contribution in [2.45, 2.75) is 13.0 Å². The molecule has 2 rings (SSSR count). The maximum atomic E-state index is 4.51. The summed E-state index contributed by atoms with van der Waals surface area (Å²) in [5.41, 5.74) is 1.02. The van der Waals surface area contributed by atoms with E-state index >= 15 is 0 Å². The molecule has 0 amide bonds. The minimum Gasteiger partial charge on any atom is -0.368 e. The van der Waals surface area contributed by atoms with Crippen molar-refractivity contribution in [1.82, 2.24) is 14.8 Å². The van der Waals surface area contributed by atoms with Crippen molar-refractivity contribution in [2.75, 3.05) is 45.6 Å². The van der Waals surface area contributed by atoms with E-state index in [9.17, 15) is 0 Å². The van der Waals surface area contributed by atoms with Crippen molar-refractivity contribution < 1.29 is 0 Å². The number of hydrogen-bond acceptors (Lipinski definition) is 4. The molecule has 1 aromatic rings. The van der Waals surface area contributed by atoms with E-state index < -0.39 is 0 Å². The average Bonchev–Trinajstić information content (AvgIpc) is 2.34. The summed E-state index contributed by atoms with van der Waals surface area (Å²) in [6, 6.07) is 4.61. The molecule has 1 fully saturated rings. The fourth-order valence-electron chi connectivity index (χ4n) is 2.19. The number of rotatable bonds is 3. The predicted molar refractivity (Wildman–Crippen MR) is 79.1 cm³/mol. The van der Waals surface area contributed by atoms with Crippen LogP contribution in [0.5, 0.6) is 0 Å². The molecular weight excluding hydrogens is 292 g/mol. The van der Waals surface area contributed by atoms with Crippen LogP contribution < -0.4 is 5.32 Å². The Morgan fingerprint density at radius 3 is 2.89 bits per heavy atom.